The van der Waals surface area contributed by atoms with Gasteiger partial charge in [-0.25, -0.2) is 18.6 Å². The highest BCUT2D eigenvalue weighted by Crippen LogP contribution is 2.25. The van der Waals surface area contributed by atoms with Crippen LogP contribution in [0.2, 0.25) is 0 Å². The molecule has 0 amide bonds. The lowest BCUT2D eigenvalue weighted by atomic mass is 10.2. The number of benzene rings is 1. The molecule has 0 spiro atoms. The summed E-state index contributed by atoms with van der Waals surface area (Å²) in [5.74, 6) is -2.53. The van der Waals surface area contributed by atoms with E-state index in [1.807, 2.05) is 0 Å². The molecule has 1 aromatic carbocycles. The topological polar surface area (TPSA) is 66.3 Å². The van der Waals surface area contributed by atoms with Crippen LogP contribution in [0, 0.1) is 11.6 Å². The van der Waals surface area contributed by atoms with Gasteiger partial charge in [-0.2, -0.15) is 0 Å². The van der Waals surface area contributed by atoms with Crippen molar-refractivity contribution in [1.82, 2.24) is 9.97 Å². The minimum absolute atomic E-state index is 0.206. The fourth-order valence-corrected chi connectivity index (χ4v) is 2.43. The Labute approximate surface area is 112 Å². The Morgan fingerprint density at radius 3 is 2.70 bits per heavy atom. The molecule has 0 saturated carbocycles. The molecule has 1 aliphatic heterocycles. The Morgan fingerprint density at radius 2 is 2.00 bits per heavy atom. The summed E-state index contributed by atoms with van der Waals surface area (Å²) in [5, 5.41) is 9.14. The second-order valence-electron chi connectivity index (χ2n) is 4.67. The highest BCUT2D eigenvalue weighted by molar-refractivity contribution is 5.80. The Balaban J connectivity index is 2.04. The molecule has 1 aromatic heterocycles. The number of hydrogen-bond donors (Lipinski definition) is 1. The van der Waals surface area contributed by atoms with Crippen LogP contribution >= 0.6 is 0 Å². The van der Waals surface area contributed by atoms with E-state index in [4.69, 9.17) is 5.11 Å². The van der Waals surface area contributed by atoms with Crippen molar-refractivity contribution in [3.8, 4) is 0 Å². The van der Waals surface area contributed by atoms with Crippen molar-refractivity contribution in [1.29, 1.82) is 0 Å². The minimum atomic E-state index is -1.000. The SMILES string of the molecule is O=C(O)[C@@H]1CCCN1c1cnc2cc(F)c(F)cc2n1. The maximum Gasteiger partial charge on any atom is 0.326 e. The summed E-state index contributed by atoms with van der Waals surface area (Å²) in [6.07, 6.45) is 2.67. The normalized spacial score (nSPS) is 18.7. The van der Waals surface area contributed by atoms with Gasteiger partial charge in [-0.1, -0.05) is 0 Å². The van der Waals surface area contributed by atoms with Crippen molar-refractivity contribution in [2.24, 2.45) is 0 Å². The molecule has 104 valence electrons. The maximum absolute atomic E-state index is 13.2. The molecule has 1 fully saturated rings. The molecule has 2 heterocycles. The van der Waals surface area contributed by atoms with Crippen LogP contribution in [-0.2, 0) is 4.79 Å². The molecule has 0 bridgehead atoms. The first-order chi connectivity index (χ1) is 9.56. The van der Waals surface area contributed by atoms with Crippen molar-refractivity contribution >= 4 is 22.8 Å². The van der Waals surface area contributed by atoms with E-state index in [1.165, 1.54) is 6.20 Å². The van der Waals surface area contributed by atoms with Gasteiger partial charge in [-0.3, -0.25) is 4.98 Å². The summed E-state index contributed by atoms with van der Waals surface area (Å²) in [5.41, 5.74) is 0.441. The summed E-state index contributed by atoms with van der Waals surface area (Å²) in [4.78, 5) is 21.0. The van der Waals surface area contributed by atoms with Crippen molar-refractivity contribution in [3.63, 3.8) is 0 Å². The van der Waals surface area contributed by atoms with Crippen molar-refractivity contribution in [3.05, 3.63) is 30.0 Å². The number of hydrogen-bond acceptors (Lipinski definition) is 4. The fourth-order valence-electron chi connectivity index (χ4n) is 2.43. The third kappa shape index (κ3) is 2.04. The number of anilines is 1. The van der Waals surface area contributed by atoms with Crippen LogP contribution in [0.25, 0.3) is 11.0 Å². The van der Waals surface area contributed by atoms with Crippen LogP contribution < -0.4 is 4.90 Å². The van der Waals surface area contributed by atoms with E-state index in [2.05, 4.69) is 9.97 Å². The van der Waals surface area contributed by atoms with Gasteiger partial charge in [0, 0.05) is 18.7 Å². The quantitative estimate of drug-likeness (QED) is 0.910. The summed E-state index contributed by atoms with van der Waals surface area (Å²) in [7, 11) is 0. The number of aromatic nitrogens is 2. The molecular weight excluding hydrogens is 268 g/mol. The van der Waals surface area contributed by atoms with E-state index < -0.39 is 23.6 Å². The number of carboxylic acids is 1. The van der Waals surface area contributed by atoms with Gasteiger partial charge in [-0.15, -0.1) is 0 Å². The highest BCUT2D eigenvalue weighted by atomic mass is 19.2. The van der Waals surface area contributed by atoms with Gasteiger partial charge in [0.15, 0.2) is 11.6 Å². The summed E-state index contributed by atoms with van der Waals surface area (Å²) >= 11 is 0. The zero-order valence-corrected chi connectivity index (χ0v) is 10.4. The number of fused-ring (bicyclic) bond motifs is 1. The van der Waals surface area contributed by atoms with Gasteiger partial charge in [-0.05, 0) is 12.8 Å². The maximum atomic E-state index is 13.2. The second kappa shape index (κ2) is 4.66. The van der Waals surface area contributed by atoms with Crippen LogP contribution in [0.15, 0.2) is 18.3 Å². The zero-order chi connectivity index (χ0) is 14.3. The summed E-state index contributed by atoms with van der Waals surface area (Å²) in [6, 6.07) is 1.29. The molecule has 5 nitrogen and oxygen atoms in total. The van der Waals surface area contributed by atoms with E-state index in [1.54, 1.807) is 4.90 Å². The van der Waals surface area contributed by atoms with Crippen LogP contribution in [0.5, 0.6) is 0 Å². The highest BCUT2D eigenvalue weighted by Gasteiger charge is 2.31. The molecule has 1 atom stereocenters. The Bertz CT molecular complexity index is 693. The number of nitrogens with zero attached hydrogens (tertiary/aromatic N) is 3. The lowest BCUT2D eigenvalue weighted by Crippen LogP contribution is -2.36. The third-order valence-electron chi connectivity index (χ3n) is 3.40. The Morgan fingerprint density at radius 1 is 1.30 bits per heavy atom. The van der Waals surface area contributed by atoms with Crippen LogP contribution in [0.3, 0.4) is 0 Å². The lowest BCUT2D eigenvalue weighted by Gasteiger charge is -2.22. The number of aliphatic carboxylic acids is 1. The molecule has 1 aliphatic rings. The monoisotopic (exact) mass is 279 g/mol. The predicted octanol–water partition coefficient (Wildman–Crippen LogP) is 1.96. The average molecular weight is 279 g/mol. The molecule has 0 unspecified atom stereocenters. The van der Waals surface area contributed by atoms with Crippen LogP contribution in [-0.4, -0.2) is 33.6 Å². The number of carboxylic acid groups (broad SMARTS) is 1. The molecule has 3 rings (SSSR count). The lowest BCUT2D eigenvalue weighted by molar-refractivity contribution is -0.138. The molecule has 1 N–H and O–H groups in total. The summed E-state index contributed by atoms with van der Waals surface area (Å²) < 4.78 is 26.3. The van der Waals surface area contributed by atoms with Crippen molar-refractivity contribution in [2.75, 3.05) is 11.4 Å². The van der Waals surface area contributed by atoms with E-state index in [9.17, 15) is 13.6 Å². The second-order valence-corrected chi connectivity index (χ2v) is 4.67. The van der Waals surface area contributed by atoms with Gasteiger partial charge < -0.3 is 10.0 Å². The fraction of sp³-hybridized carbons (Fsp3) is 0.308. The molecule has 0 aliphatic carbocycles. The number of carbonyl (C=O) groups is 1. The van der Waals surface area contributed by atoms with Gasteiger partial charge >= 0.3 is 5.97 Å². The third-order valence-corrected chi connectivity index (χ3v) is 3.40. The molecule has 0 radical (unpaired) electrons. The minimum Gasteiger partial charge on any atom is -0.480 e. The first-order valence-corrected chi connectivity index (χ1v) is 6.17. The van der Waals surface area contributed by atoms with Gasteiger partial charge in [0.2, 0.25) is 0 Å². The van der Waals surface area contributed by atoms with E-state index in [0.717, 1.165) is 18.6 Å². The zero-order valence-electron chi connectivity index (χ0n) is 10.4. The van der Waals surface area contributed by atoms with Crippen molar-refractivity contribution < 1.29 is 18.7 Å². The largest absolute Gasteiger partial charge is 0.480 e. The first-order valence-electron chi connectivity index (χ1n) is 6.17. The Kier molecular flexibility index (Phi) is 2.96. The first kappa shape index (κ1) is 12.7. The standard InChI is InChI=1S/C13H11F2N3O2/c14-7-4-9-10(5-8(7)15)17-12(6-16-9)18-3-1-2-11(18)13(19)20/h4-6,11H,1-3H2,(H,19,20)/t11-/m0/s1. The molecule has 1 saturated heterocycles. The van der Waals surface area contributed by atoms with Crippen LogP contribution in [0.1, 0.15) is 12.8 Å². The number of rotatable bonds is 2. The molecule has 2 aromatic rings. The molecule has 7 heteroatoms. The van der Waals surface area contributed by atoms with Crippen molar-refractivity contribution in [2.45, 2.75) is 18.9 Å². The number of halogens is 2. The Hall–Kier alpha value is -2.31. The van der Waals surface area contributed by atoms with E-state index in [-0.39, 0.29) is 11.0 Å². The smallest absolute Gasteiger partial charge is 0.326 e. The average Bonchev–Trinajstić information content (AvgIpc) is 2.89. The molecular formula is C13H11F2N3O2. The summed E-state index contributed by atoms with van der Waals surface area (Å²) in [6.45, 7) is 0.556. The predicted molar refractivity (Wildman–Crippen MR) is 67.5 cm³/mol. The van der Waals surface area contributed by atoms with E-state index in [0.29, 0.717) is 18.8 Å². The van der Waals surface area contributed by atoms with Gasteiger partial charge in [0.25, 0.3) is 0 Å². The van der Waals surface area contributed by atoms with Crippen LogP contribution in [0.4, 0.5) is 14.6 Å². The molecule has 20 heavy (non-hydrogen) atoms. The van der Waals surface area contributed by atoms with E-state index >= 15 is 0 Å². The van der Waals surface area contributed by atoms with Gasteiger partial charge in [0.1, 0.15) is 11.9 Å². The van der Waals surface area contributed by atoms with Gasteiger partial charge in [0.05, 0.1) is 17.2 Å².